The Morgan fingerprint density at radius 3 is 2.08 bits per heavy atom. The predicted molar refractivity (Wildman–Crippen MR) is 194 cm³/mol. The normalized spacial score (nSPS) is 11.3. The summed E-state index contributed by atoms with van der Waals surface area (Å²) in [6.07, 6.45) is -3.96. The Bertz CT molecular complexity index is 1770. The summed E-state index contributed by atoms with van der Waals surface area (Å²) in [6, 6.07) is 13.0. The second kappa shape index (κ2) is 22.9. The lowest BCUT2D eigenvalue weighted by atomic mass is 9.98. The standard InChI is InChI=1S/C31H40N4O9S3.C2HF3O/c1-21-5-3-8-24(35-31(38)34-10-12-42-14-16-44-18-17-43-15-13-41-11-9-27(36)37)28(21)22-6-4-7-23(19-22)47(39,40)26-20-25(29(32)33)46-30(26)45-2;3-2(4,5)1-6/h3-8,19-20H,9-18H2,1-2H3,(H3,32,33)(H,36,37)(H2,34,35,38);1H. The molecular formula is C33H41F3N4O10S3. The monoisotopic (exact) mass is 806 g/mol. The van der Waals surface area contributed by atoms with Gasteiger partial charge in [-0.2, -0.15) is 13.2 Å². The van der Waals surface area contributed by atoms with Gasteiger partial charge in [0.05, 0.1) is 83.8 Å². The average molecular weight is 807 g/mol. The van der Waals surface area contributed by atoms with Gasteiger partial charge in [-0.05, 0) is 48.6 Å². The van der Waals surface area contributed by atoms with Crippen molar-refractivity contribution >= 4 is 62.7 Å². The minimum absolute atomic E-state index is 0.0372. The van der Waals surface area contributed by atoms with Crippen LogP contribution in [0.5, 0.6) is 0 Å². The summed E-state index contributed by atoms with van der Waals surface area (Å²) >= 11 is 2.45. The molecule has 20 heteroatoms. The summed E-state index contributed by atoms with van der Waals surface area (Å²) in [4.78, 5) is 32.4. The van der Waals surface area contributed by atoms with Crippen LogP contribution in [0, 0.1) is 12.3 Å². The lowest BCUT2D eigenvalue weighted by Gasteiger charge is -2.16. The first-order valence-electron chi connectivity index (χ1n) is 15.7. The van der Waals surface area contributed by atoms with Crippen LogP contribution < -0.4 is 16.4 Å². The molecule has 1 heterocycles. The molecule has 0 saturated heterocycles. The third-order valence-corrected chi connectivity index (χ3v) is 10.9. The molecule has 1 aromatic heterocycles. The number of anilines is 1. The number of sulfone groups is 1. The molecule has 0 bridgehead atoms. The lowest BCUT2D eigenvalue weighted by Crippen LogP contribution is -2.32. The van der Waals surface area contributed by atoms with Gasteiger partial charge in [0.15, 0.2) is 0 Å². The number of nitrogens with two attached hydrogens (primary N) is 1. The van der Waals surface area contributed by atoms with Gasteiger partial charge in [0.1, 0.15) is 5.84 Å². The fourth-order valence-electron chi connectivity index (χ4n) is 4.25. The highest BCUT2D eigenvalue weighted by Crippen LogP contribution is 2.39. The zero-order valence-corrected chi connectivity index (χ0v) is 31.3. The van der Waals surface area contributed by atoms with Crippen molar-refractivity contribution in [3.8, 4) is 11.1 Å². The number of aliphatic carboxylic acids is 1. The number of nitrogen functional groups attached to an aromatic ring is 1. The SMILES string of the molecule is CSc1sc(C(=N)N)cc1S(=O)(=O)c1cccc(-c2c(C)cccc2NC(=O)NCCOCCOCCOCCOCCC(=O)O)c1.O=CC(F)(F)F. The third-order valence-electron chi connectivity index (χ3n) is 6.60. The van der Waals surface area contributed by atoms with E-state index in [-0.39, 0.29) is 41.8 Å². The van der Waals surface area contributed by atoms with E-state index in [1.165, 1.54) is 23.9 Å². The number of halogens is 3. The van der Waals surface area contributed by atoms with E-state index < -0.39 is 34.3 Å². The number of thiophene rings is 1. The number of alkyl halides is 3. The van der Waals surface area contributed by atoms with Crippen LogP contribution in [0.4, 0.5) is 23.7 Å². The number of hydrogen-bond acceptors (Lipinski definition) is 12. The number of carboxylic acid groups (broad SMARTS) is 1. The second-order valence-corrected chi connectivity index (χ2v) is 14.6. The predicted octanol–water partition coefficient (Wildman–Crippen LogP) is 4.97. The zero-order chi connectivity index (χ0) is 39.4. The minimum atomic E-state index is -4.64. The highest BCUT2D eigenvalue weighted by Gasteiger charge is 2.26. The largest absolute Gasteiger partial charge is 0.481 e. The van der Waals surface area contributed by atoms with E-state index >= 15 is 0 Å². The summed E-state index contributed by atoms with van der Waals surface area (Å²) < 4.78 is 80.5. The van der Waals surface area contributed by atoms with E-state index in [1.807, 2.05) is 13.0 Å². The van der Waals surface area contributed by atoms with Crippen LogP contribution in [0.2, 0.25) is 0 Å². The molecule has 0 spiro atoms. The number of rotatable bonds is 21. The van der Waals surface area contributed by atoms with Crippen molar-refractivity contribution in [1.29, 1.82) is 5.41 Å². The molecule has 0 aliphatic carbocycles. The maximum absolute atomic E-state index is 13.7. The van der Waals surface area contributed by atoms with Gasteiger partial charge in [0.2, 0.25) is 16.1 Å². The van der Waals surface area contributed by atoms with Crippen molar-refractivity contribution in [2.45, 2.75) is 33.5 Å². The van der Waals surface area contributed by atoms with Crippen molar-refractivity contribution in [3.63, 3.8) is 0 Å². The Labute approximate surface area is 312 Å². The molecule has 0 aliphatic rings. The average Bonchev–Trinajstić information content (AvgIpc) is 3.56. The first-order valence-corrected chi connectivity index (χ1v) is 19.2. The minimum Gasteiger partial charge on any atom is -0.481 e. The van der Waals surface area contributed by atoms with E-state index in [1.54, 1.807) is 36.6 Å². The van der Waals surface area contributed by atoms with Crippen LogP contribution in [-0.2, 0) is 38.4 Å². The van der Waals surface area contributed by atoms with Gasteiger partial charge < -0.3 is 40.4 Å². The topological polar surface area (TPSA) is 216 Å². The highest BCUT2D eigenvalue weighted by molar-refractivity contribution is 8.01. The summed E-state index contributed by atoms with van der Waals surface area (Å²) in [7, 11) is -3.92. The fraction of sp³-hybridized carbons (Fsp3) is 0.394. The smallest absolute Gasteiger partial charge is 0.446 e. The van der Waals surface area contributed by atoms with Crippen molar-refractivity contribution in [2.24, 2.45) is 5.73 Å². The summed E-state index contributed by atoms with van der Waals surface area (Å²) in [5, 5.41) is 21.9. The number of carbonyl (C=O) groups is 3. The van der Waals surface area contributed by atoms with Gasteiger partial charge in [-0.3, -0.25) is 15.0 Å². The number of thioether (sulfide) groups is 1. The van der Waals surface area contributed by atoms with Gasteiger partial charge in [0, 0.05) is 12.1 Å². The van der Waals surface area contributed by atoms with Gasteiger partial charge in [0.25, 0.3) is 0 Å². The molecule has 292 valence electrons. The molecule has 0 saturated carbocycles. The van der Waals surface area contributed by atoms with Crippen LogP contribution in [0.25, 0.3) is 11.1 Å². The number of urea groups is 1. The number of ether oxygens (including phenoxy) is 4. The van der Waals surface area contributed by atoms with E-state index in [9.17, 15) is 31.2 Å². The molecule has 2 aromatic carbocycles. The number of amides is 2. The molecule has 53 heavy (non-hydrogen) atoms. The molecule has 0 atom stereocenters. The first-order chi connectivity index (χ1) is 25.1. The van der Waals surface area contributed by atoms with Crippen LogP contribution >= 0.6 is 23.1 Å². The fourth-order valence-corrected chi connectivity index (χ4v) is 8.15. The molecule has 0 radical (unpaired) electrons. The van der Waals surface area contributed by atoms with Crippen molar-refractivity contribution in [1.82, 2.24) is 5.32 Å². The molecular weight excluding hydrogens is 766 g/mol. The van der Waals surface area contributed by atoms with Crippen molar-refractivity contribution in [3.05, 3.63) is 59.0 Å². The van der Waals surface area contributed by atoms with Crippen LogP contribution in [0.3, 0.4) is 0 Å². The van der Waals surface area contributed by atoms with Gasteiger partial charge >= 0.3 is 18.2 Å². The molecule has 0 aliphatic heterocycles. The number of hydrogen-bond donors (Lipinski definition) is 5. The van der Waals surface area contributed by atoms with Crippen molar-refractivity contribution in [2.75, 3.05) is 71.0 Å². The quantitative estimate of drug-likeness (QED) is 0.0317. The van der Waals surface area contributed by atoms with Gasteiger partial charge in [-0.15, -0.1) is 23.1 Å². The molecule has 0 fully saturated rings. The second-order valence-electron chi connectivity index (χ2n) is 10.5. The maximum atomic E-state index is 13.7. The van der Waals surface area contributed by atoms with Crippen molar-refractivity contribution < 1.29 is 60.0 Å². The van der Waals surface area contributed by atoms with E-state index in [4.69, 9.17) is 40.0 Å². The van der Waals surface area contributed by atoms with Gasteiger partial charge in [-0.25, -0.2) is 13.2 Å². The maximum Gasteiger partial charge on any atom is 0.446 e. The first kappa shape index (κ1) is 45.1. The molecule has 14 nitrogen and oxygen atoms in total. The molecule has 3 aromatic rings. The number of nitrogens with one attached hydrogen (secondary N) is 3. The number of aldehydes is 1. The number of carbonyl (C=O) groups excluding carboxylic acids is 2. The van der Waals surface area contributed by atoms with Crippen LogP contribution in [-0.4, -0.2) is 109 Å². The van der Waals surface area contributed by atoms with Crippen LogP contribution in [0.1, 0.15) is 16.9 Å². The lowest BCUT2D eigenvalue weighted by molar-refractivity contribution is -0.156. The van der Waals surface area contributed by atoms with Crippen LogP contribution in [0.15, 0.2) is 62.5 Å². The highest BCUT2D eigenvalue weighted by atomic mass is 32.2. The summed E-state index contributed by atoms with van der Waals surface area (Å²) in [5.41, 5.74) is 8.28. The van der Waals surface area contributed by atoms with E-state index in [0.717, 1.165) is 16.9 Å². The van der Waals surface area contributed by atoms with E-state index in [2.05, 4.69) is 10.6 Å². The number of benzene rings is 2. The number of carboxylic acids is 1. The number of amidine groups is 1. The van der Waals surface area contributed by atoms with Gasteiger partial charge in [-0.1, -0.05) is 24.3 Å². The van der Waals surface area contributed by atoms with E-state index in [0.29, 0.717) is 65.5 Å². The Balaban J connectivity index is 0.00000149. The molecule has 0 unspecified atom stereocenters. The molecule has 3 rings (SSSR count). The summed E-state index contributed by atoms with van der Waals surface area (Å²) in [5.74, 6) is -1.09. The molecule has 6 N–H and O–H groups in total. The Kier molecular flexibility index (Phi) is 19.5. The summed E-state index contributed by atoms with van der Waals surface area (Å²) in [6.45, 7) is 4.67. The number of aryl methyl sites for hydroxylation is 1. The zero-order valence-electron chi connectivity index (χ0n) is 28.8. The Morgan fingerprint density at radius 1 is 0.962 bits per heavy atom. The molecule has 2 amide bonds. The third kappa shape index (κ3) is 16.2. The Hall–Kier alpha value is -4.05. The Morgan fingerprint density at radius 2 is 1.53 bits per heavy atom.